The first-order valence-electron chi connectivity index (χ1n) is 17.8. The molecule has 3 heterocycles. The summed E-state index contributed by atoms with van der Waals surface area (Å²) >= 11 is 0. The molecule has 0 saturated carbocycles. The van der Waals surface area contributed by atoms with Crippen molar-refractivity contribution < 1.29 is 0 Å². The van der Waals surface area contributed by atoms with Crippen LogP contribution >= 0.6 is 0 Å². The van der Waals surface area contributed by atoms with Gasteiger partial charge in [-0.15, -0.1) is 0 Å². The van der Waals surface area contributed by atoms with Crippen LogP contribution in [0.5, 0.6) is 0 Å². The van der Waals surface area contributed by atoms with Gasteiger partial charge in [0.15, 0.2) is 0 Å². The molecule has 0 fully saturated rings. The zero-order valence-electron chi connectivity index (χ0n) is 28.8. The lowest BCUT2D eigenvalue weighted by molar-refractivity contribution is 1.13. The quantitative estimate of drug-likeness (QED) is 0.176. The zero-order chi connectivity index (χ0) is 34.5. The maximum absolute atomic E-state index is 5.46. The van der Waals surface area contributed by atoms with Gasteiger partial charge in [-0.1, -0.05) is 108 Å². The minimum atomic E-state index is 0.837. The van der Waals surface area contributed by atoms with E-state index in [0.717, 1.165) is 44.4 Å². The molecule has 3 aromatic heterocycles. The van der Waals surface area contributed by atoms with E-state index in [1.807, 2.05) is 6.20 Å². The van der Waals surface area contributed by atoms with E-state index in [1.165, 1.54) is 65.5 Å². The van der Waals surface area contributed by atoms with Crippen LogP contribution in [-0.2, 0) is 0 Å². The highest BCUT2D eigenvalue weighted by Gasteiger charge is 2.19. The van der Waals surface area contributed by atoms with Gasteiger partial charge in [0.2, 0.25) is 0 Å². The van der Waals surface area contributed by atoms with E-state index in [1.54, 1.807) is 0 Å². The molecule has 0 amide bonds. The van der Waals surface area contributed by atoms with E-state index in [0.29, 0.717) is 0 Å². The molecular formula is C48H32N4. The van der Waals surface area contributed by atoms with Gasteiger partial charge in [0, 0.05) is 49.3 Å². The number of benzene rings is 8. The number of aryl methyl sites for hydroxylation is 2. The molecule has 0 unspecified atom stereocenters. The average molecular weight is 665 g/mol. The number of fused-ring (bicyclic) bond motifs is 12. The molecule has 4 nitrogen and oxygen atoms in total. The van der Waals surface area contributed by atoms with Crippen LogP contribution in [0.4, 0.5) is 0 Å². The second-order valence-corrected chi connectivity index (χ2v) is 14.0. The Morgan fingerprint density at radius 3 is 1.37 bits per heavy atom. The lowest BCUT2D eigenvalue weighted by Gasteiger charge is -2.16. The predicted octanol–water partition coefficient (Wildman–Crippen LogP) is 12.4. The van der Waals surface area contributed by atoms with E-state index < -0.39 is 0 Å². The summed E-state index contributed by atoms with van der Waals surface area (Å²) in [5.41, 5.74) is 13.0. The van der Waals surface area contributed by atoms with Crippen molar-refractivity contribution in [2.45, 2.75) is 13.8 Å². The zero-order valence-corrected chi connectivity index (χ0v) is 28.8. The minimum Gasteiger partial charge on any atom is -0.309 e. The van der Waals surface area contributed by atoms with Gasteiger partial charge in [0.05, 0.1) is 45.0 Å². The van der Waals surface area contributed by atoms with E-state index in [2.05, 4.69) is 175 Å². The van der Waals surface area contributed by atoms with Gasteiger partial charge < -0.3 is 9.13 Å². The van der Waals surface area contributed by atoms with E-state index in [-0.39, 0.29) is 0 Å². The Morgan fingerprint density at radius 2 is 0.827 bits per heavy atom. The Labute approximate surface area is 299 Å². The molecule has 0 bridgehead atoms. The first-order chi connectivity index (χ1) is 25.6. The fraction of sp³-hybridized carbons (Fsp3) is 0.0417. The van der Waals surface area contributed by atoms with Gasteiger partial charge in [-0.2, -0.15) is 0 Å². The Morgan fingerprint density at radius 1 is 0.385 bits per heavy atom. The maximum Gasteiger partial charge on any atom is 0.0979 e. The summed E-state index contributed by atoms with van der Waals surface area (Å²) in [7, 11) is 0. The topological polar surface area (TPSA) is 35.6 Å². The van der Waals surface area contributed by atoms with Crippen LogP contribution in [-0.4, -0.2) is 19.1 Å². The molecule has 0 N–H and O–H groups in total. The average Bonchev–Trinajstić information content (AvgIpc) is 3.70. The van der Waals surface area contributed by atoms with Gasteiger partial charge in [-0.05, 0) is 79.2 Å². The highest BCUT2D eigenvalue weighted by atomic mass is 15.0. The fourth-order valence-electron chi connectivity index (χ4n) is 8.49. The number of para-hydroxylation sites is 2. The van der Waals surface area contributed by atoms with Crippen LogP contribution < -0.4 is 0 Å². The SMILES string of the molecule is Cc1ccc2c(c1)c1ccccc1n2-c1cc(-c2cnc3c4ccccc4c4ccccc4c3n2)cc(-n2c3ccccc3c3cc(C)ccc32)c1. The molecule has 0 radical (unpaired) electrons. The molecule has 0 saturated heterocycles. The molecule has 0 atom stereocenters. The summed E-state index contributed by atoms with van der Waals surface area (Å²) in [4.78, 5) is 10.6. The summed E-state index contributed by atoms with van der Waals surface area (Å²) in [5, 5.41) is 9.59. The third-order valence-corrected chi connectivity index (χ3v) is 10.8. The highest BCUT2D eigenvalue weighted by molar-refractivity contribution is 6.23. The molecule has 0 spiro atoms. The Hall–Kier alpha value is -6.78. The molecule has 0 aliphatic rings. The number of aromatic nitrogens is 4. The third-order valence-electron chi connectivity index (χ3n) is 10.8. The van der Waals surface area contributed by atoms with Crippen molar-refractivity contribution in [3.05, 3.63) is 169 Å². The van der Waals surface area contributed by atoms with Crippen LogP contribution in [0.3, 0.4) is 0 Å². The van der Waals surface area contributed by atoms with Crippen molar-refractivity contribution in [2.24, 2.45) is 0 Å². The molecule has 11 rings (SSSR count). The maximum atomic E-state index is 5.46. The number of hydrogen-bond acceptors (Lipinski definition) is 2. The van der Waals surface area contributed by atoms with E-state index >= 15 is 0 Å². The van der Waals surface area contributed by atoms with Crippen molar-refractivity contribution in [3.63, 3.8) is 0 Å². The highest BCUT2D eigenvalue weighted by Crippen LogP contribution is 2.39. The normalized spacial score (nSPS) is 12.0. The number of nitrogens with zero attached hydrogens (tertiary/aromatic N) is 4. The lowest BCUT2D eigenvalue weighted by Crippen LogP contribution is -2.01. The van der Waals surface area contributed by atoms with Gasteiger partial charge in [0.25, 0.3) is 0 Å². The van der Waals surface area contributed by atoms with Gasteiger partial charge >= 0.3 is 0 Å². The second-order valence-electron chi connectivity index (χ2n) is 14.0. The van der Waals surface area contributed by atoms with Crippen molar-refractivity contribution in [3.8, 4) is 22.6 Å². The molecule has 52 heavy (non-hydrogen) atoms. The number of rotatable bonds is 3. The molecule has 0 aliphatic carbocycles. The summed E-state index contributed by atoms with van der Waals surface area (Å²) in [6, 6.07) is 55.0. The molecule has 244 valence electrons. The monoisotopic (exact) mass is 664 g/mol. The van der Waals surface area contributed by atoms with Crippen LogP contribution in [0.1, 0.15) is 11.1 Å². The Kier molecular flexibility index (Phi) is 6.06. The summed E-state index contributed by atoms with van der Waals surface area (Å²) in [5.74, 6) is 0. The Balaban J connectivity index is 1.26. The smallest absolute Gasteiger partial charge is 0.0979 e. The van der Waals surface area contributed by atoms with Crippen LogP contribution in [0.25, 0.3) is 98.8 Å². The van der Waals surface area contributed by atoms with Crippen LogP contribution in [0.15, 0.2) is 158 Å². The summed E-state index contributed by atoms with van der Waals surface area (Å²) in [6.45, 7) is 4.33. The van der Waals surface area contributed by atoms with Gasteiger partial charge in [-0.3, -0.25) is 4.98 Å². The van der Waals surface area contributed by atoms with Crippen LogP contribution in [0, 0.1) is 13.8 Å². The molecule has 8 aromatic carbocycles. The molecule has 11 aromatic rings. The molecule has 0 aliphatic heterocycles. The third kappa shape index (κ3) is 4.15. The fourth-order valence-corrected chi connectivity index (χ4v) is 8.49. The minimum absolute atomic E-state index is 0.837. The first-order valence-corrected chi connectivity index (χ1v) is 17.8. The summed E-state index contributed by atoms with van der Waals surface area (Å²) < 4.78 is 4.82. The molecule has 4 heteroatoms. The van der Waals surface area contributed by atoms with Crippen molar-refractivity contribution in [1.29, 1.82) is 0 Å². The van der Waals surface area contributed by atoms with E-state index in [4.69, 9.17) is 9.97 Å². The van der Waals surface area contributed by atoms with Crippen LogP contribution in [0.2, 0.25) is 0 Å². The first kappa shape index (κ1) is 29.0. The largest absolute Gasteiger partial charge is 0.309 e. The van der Waals surface area contributed by atoms with Crippen molar-refractivity contribution in [2.75, 3.05) is 0 Å². The number of hydrogen-bond donors (Lipinski definition) is 0. The lowest BCUT2D eigenvalue weighted by atomic mass is 9.99. The second kappa shape index (κ2) is 10.9. The molecular weight excluding hydrogens is 633 g/mol. The van der Waals surface area contributed by atoms with Crippen molar-refractivity contribution >= 4 is 76.2 Å². The van der Waals surface area contributed by atoms with E-state index in [9.17, 15) is 0 Å². The van der Waals surface area contributed by atoms with Crippen molar-refractivity contribution in [1.82, 2.24) is 19.1 Å². The predicted molar refractivity (Wildman–Crippen MR) is 218 cm³/mol. The standard InChI is InChI=1S/C48H32N4/c1-29-19-21-45-40(23-29)36-13-7-9-17-43(36)51(45)32-25-31(26-33(27-32)52-44-18-10-8-14-37(44)41-24-30(2)20-22-46(41)52)42-28-49-47-38-15-5-3-11-34(38)35-12-4-6-16-39(35)48(47)50-42/h3-28H,1-2H3. The van der Waals surface area contributed by atoms with Gasteiger partial charge in [-0.25, -0.2) is 4.98 Å². The summed E-state index contributed by atoms with van der Waals surface area (Å²) in [6.07, 6.45) is 1.96. The van der Waals surface area contributed by atoms with Gasteiger partial charge in [0.1, 0.15) is 0 Å². The Bertz CT molecular complexity index is 3100.